The van der Waals surface area contributed by atoms with Crippen LogP contribution in [0.15, 0.2) is 0 Å². The number of aldehydes is 5. The lowest BCUT2D eigenvalue weighted by molar-refractivity contribution is -0.197. The van der Waals surface area contributed by atoms with Gasteiger partial charge in [-0.1, -0.05) is 53.9 Å². The number of carbonyl (C=O) groups excluding carboxylic acids is 11. The van der Waals surface area contributed by atoms with Gasteiger partial charge in [-0.25, -0.2) is 9.59 Å². The topological polar surface area (TPSA) is 213 Å². The predicted octanol–water partition coefficient (Wildman–Crippen LogP) is 4.54. The van der Waals surface area contributed by atoms with Gasteiger partial charge in [0.05, 0.1) is 0 Å². The Morgan fingerprint density at radius 3 is 1.20 bits per heavy atom. The molecule has 0 N–H and O–H groups in total. The molecule has 4 amide bonds. The molecule has 2 atom stereocenters. The summed E-state index contributed by atoms with van der Waals surface area (Å²) in [6.07, 6.45) is 12.9. The average Bonchev–Trinajstić information content (AvgIpc) is 3.60. The zero-order valence-corrected chi connectivity index (χ0v) is 30.3. The summed E-state index contributed by atoms with van der Waals surface area (Å²) in [6.45, 7) is 9.92. The van der Waals surface area contributed by atoms with Crippen molar-refractivity contribution in [1.82, 2.24) is 10.1 Å². The third kappa shape index (κ3) is 26.5. The van der Waals surface area contributed by atoms with Gasteiger partial charge in [-0.3, -0.25) is 19.2 Å². The van der Waals surface area contributed by atoms with E-state index in [4.69, 9.17) is 0 Å². The maximum Gasteiger partial charge on any atom is 0.333 e. The zero-order chi connectivity index (χ0) is 38.7. The Morgan fingerprint density at radius 2 is 0.920 bits per heavy atom. The molecule has 0 radical (unpaired) electrons. The normalized spacial score (nSPS) is 14.1. The van der Waals surface area contributed by atoms with Crippen molar-refractivity contribution >= 4 is 67.0 Å². The van der Waals surface area contributed by atoms with E-state index in [1.165, 1.54) is 6.42 Å². The van der Waals surface area contributed by atoms with E-state index >= 15 is 0 Å². The molecule has 15 heteroatoms. The Balaban J connectivity index is -0.000000581. The van der Waals surface area contributed by atoms with Gasteiger partial charge in [0.15, 0.2) is 0 Å². The number of nitrogens with zero attached hydrogens (tertiary/aromatic N) is 2. The summed E-state index contributed by atoms with van der Waals surface area (Å²) in [6, 6.07) is 0. The fourth-order valence-corrected chi connectivity index (χ4v) is 3.82. The van der Waals surface area contributed by atoms with Crippen LogP contribution in [0.25, 0.3) is 0 Å². The van der Waals surface area contributed by atoms with Crippen molar-refractivity contribution in [2.45, 2.75) is 144 Å². The van der Waals surface area contributed by atoms with Crippen molar-refractivity contribution in [1.29, 1.82) is 0 Å². The van der Waals surface area contributed by atoms with Gasteiger partial charge in [-0.05, 0) is 31.1 Å². The first-order chi connectivity index (χ1) is 23.9. The van der Waals surface area contributed by atoms with Gasteiger partial charge in [0, 0.05) is 70.6 Å². The molecule has 15 nitrogen and oxygen atoms in total. The van der Waals surface area contributed by atoms with Gasteiger partial charge in [0.1, 0.15) is 31.4 Å². The van der Waals surface area contributed by atoms with Crippen molar-refractivity contribution in [2.75, 3.05) is 0 Å². The lowest BCUT2D eigenvalue weighted by Crippen LogP contribution is -2.31. The molecule has 2 aliphatic rings. The van der Waals surface area contributed by atoms with E-state index in [-0.39, 0.29) is 44.9 Å². The number of carbonyl (C=O) groups is 11. The Kier molecular flexibility index (Phi) is 34.4. The van der Waals surface area contributed by atoms with Gasteiger partial charge < -0.3 is 33.6 Å². The van der Waals surface area contributed by atoms with E-state index in [2.05, 4.69) is 23.5 Å². The number of hydrogen-bond acceptors (Lipinski definition) is 13. The smallest absolute Gasteiger partial charge is 0.330 e. The molecule has 0 spiro atoms. The number of hydroxylamine groups is 4. The number of amides is 4. The van der Waals surface area contributed by atoms with Gasteiger partial charge >= 0.3 is 11.9 Å². The summed E-state index contributed by atoms with van der Waals surface area (Å²) in [7, 11) is 0. The predicted molar refractivity (Wildman–Crippen MR) is 180 cm³/mol. The third-order valence-electron chi connectivity index (χ3n) is 6.79. The van der Waals surface area contributed by atoms with Crippen molar-refractivity contribution in [3.05, 3.63) is 0 Å². The van der Waals surface area contributed by atoms with Crippen LogP contribution in [0.3, 0.4) is 0 Å². The summed E-state index contributed by atoms with van der Waals surface area (Å²) in [5.41, 5.74) is 0. The monoisotopic (exact) mass is 712 g/mol. The van der Waals surface area contributed by atoms with Crippen LogP contribution in [0.2, 0.25) is 0 Å². The average molecular weight is 713 g/mol. The van der Waals surface area contributed by atoms with E-state index in [1.54, 1.807) is 6.92 Å². The largest absolute Gasteiger partial charge is 0.333 e. The van der Waals surface area contributed by atoms with Crippen molar-refractivity contribution in [2.24, 2.45) is 11.8 Å². The zero-order valence-electron chi connectivity index (χ0n) is 30.3. The van der Waals surface area contributed by atoms with E-state index in [9.17, 15) is 52.7 Å². The molecule has 0 saturated carbocycles. The quantitative estimate of drug-likeness (QED) is 0.102. The summed E-state index contributed by atoms with van der Waals surface area (Å²) in [5, 5.41) is 1.05. The van der Waals surface area contributed by atoms with Gasteiger partial charge in [0.25, 0.3) is 23.6 Å². The minimum atomic E-state index is -0.666. The highest BCUT2D eigenvalue weighted by atomic mass is 16.7. The van der Waals surface area contributed by atoms with Crippen molar-refractivity contribution in [3.8, 4) is 0 Å². The maximum absolute atomic E-state index is 11.1. The van der Waals surface area contributed by atoms with Gasteiger partial charge in [-0.15, -0.1) is 10.1 Å². The van der Waals surface area contributed by atoms with Gasteiger partial charge in [0.2, 0.25) is 0 Å². The highest BCUT2D eigenvalue weighted by Crippen LogP contribution is 2.15. The lowest BCUT2D eigenvalue weighted by Gasteiger charge is -2.11. The Labute approximate surface area is 295 Å². The number of rotatable bonds is 19. The molecule has 0 aromatic heterocycles. The second-order valence-corrected chi connectivity index (χ2v) is 11.1. The summed E-state index contributed by atoms with van der Waals surface area (Å²) in [5.74, 6) is -2.28. The van der Waals surface area contributed by atoms with Crippen molar-refractivity contribution in [3.63, 3.8) is 0 Å². The molecule has 0 bridgehead atoms. The van der Waals surface area contributed by atoms with Gasteiger partial charge in [-0.2, -0.15) is 0 Å². The van der Waals surface area contributed by atoms with Crippen molar-refractivity contribution < 1.29 is 62.4 Å². The molecular formula is C35H56N2O13. The molecule has 2 fully saturated rings. The lowest BCUT2D eigenvalue weighted by atomic mass is 9.98. The molecule has 2 aliphatic heterocycles. The highest BCUT2D eigenvalue weighted by molar-refractivity contribution is 6.02. The minimum absolute atomic E-state index is 0.0236. The van der Waals surface area contributed by atoms with Crippen LogP contribution in [0, 0.1) is 11.8 Å². The van der Waals surface area contributed by atoms with Crippen LogP contribution in [0.4, 0.5) is 0 Å². The Hall–Kier alpha value is -4.43. The molecule has 0 aromatic carbocycles. The molecule has 0 aliphatic carbocycles. The van der Waals surface area contributed by atoms with Crippen LogP contribution < -0.4 is 0 Å². The first kappa shape index (κ1) is 50.0. The van der Waals surface area contributed by atoms with Crippen LogP contribution in [-0.2, 0) is 62.4 Å². The van der Waals surface area contributed by atoms with Crippen LogP contribution in [0.1, 0.15) is 144 Å². The van der Waals surface area contributed by atoms with Crippen LogP contribution in [-0.4, -0.2) is 77.1 Å². The van der Waals surface area contributed by atoms with E-state index in [1.807, 2.05) is 13.8 Å². The van der Waals surface area contributed by atoms with Crippen LogP contribution >= 0.6 is 0 Å². The van der Waals surface area contributed by atoms with E-state index in [0.29, 0.717) is 60.4 Å². The highest BCUT2D eigenvalue weighted by Gasteiger charge is 2.33. The fourth-order valence-electron chi connectivity index (χ4n) is 3.82. The number of hydrogen-bond donors (Lipinski definition) is 0. The van der Waals surface area contributed by atoms with E-state index in [0.717, 1.165) is 50.8 Å². The van der Waals surface area contributed by atoms with Crippen LogP contribution in [0.5, 0.6) is 0 Å². The standard InChI is InChI=1S/C9H11NO5.2C8H14O2.C7H9NO4.C3H8/c11-6-2-1-3-9(14)15-10-7(12)4-5-8(10)13;2*1-2-8(5-7-10)4-3-6-9;1-2-7(11)12-8-5(9)3-4-6(8)10;1-3-2/h6H,1-5H2;2*6-8H,2-5H2,1H3;2-4H2,1H3;3H2,1-2H3. The Bertz CT molecular complexity index is 1000. The molecule has 284 valence electrons. The minimum Gasteiger partial charge on any atom is -0.330 e. The molecular weight excluding hydrogens is 656 g/mol. The summed E-state index contributed by atoms with van der Waals surface area (Å²) in [4.78, 5) is 125. The Morgan fingerprint density at radius 1 is 0.580 bits per heavy atom. The second kappa shape index (κ2) is 34.4. The fraction of sp³-hybridized carbons (Fsp3) is 0.686. The van der Waals surface area contributed by atoms with E-state index < -0.39 is 35.6 Å². The number of unbranched alkanes of at least 4 members (excludes halogenated alkanes) is 1. The second-order valence-electron chi connectivity index (χ2n) is 11.1. The maximum atomic E-state index is 11.1. The summed E-state index contributed by atoms with van der Waals surface area (Å²) < 4.78 is 0. The third-order valence-corrected chi connectivity index (χ3v) is 6.79. The SMILES string of the molecule is CCC.CCC(=O)ON1C(=O)CCC1=O.CCC(CC=O)CCC=O.CCC(CC=O)CCC=O.O=CCCCC(=O)ON1C(=O)CCC1=O. The molecule has 2 saturated heterocycles. The summed E-state index contributed by atoms with van der Waals surface area (Å²) >= 11 is 0. The molecule has 2 rings (SSSR count). The number of imide groups is 2. The molecule has 2 unspecified atom stereocenters. The first-order valence-corrected chi connectivity index (χ1v) is 17.2. The molecule has 50 heavy (non-hydrogen) atoms. The first-order valence-electron chi connectivity index (χ1n) is 17.2. The molecule has 2 heterocycles. The molecule has 0 aromatic rings.